The van der Waals surface area contributed by atoms with Crippen LogP contribution in [0.4, 0.5) is 4.39 Å². The van der Waals surface area contributed by atoms with Gasteiger partial charge in [-0.1, -0.05) is 0 Å². The normalized spacial score (nSPS) is 14.9. The van der Waals surface area contributed by atoms with Crippen molar-refractivity contribution >= 4 is 5.91 Å². The number of benzene rings is 1. The second-order valence-corrected chi connectivity index (χ2v) is 5.05. The molecule has 0 unspecified atom stereocenters. The first kappa shape index (κ1) is 14.6. The fourth-order valence-corrected chi connectivity index (χ4v) is 2.28. The fourth-order valence-electron chi connectivity index (χ4n) is 2.28. The van der Waals surface area contributed by atoms with Crippen molar-refractivity contribution in [1.82, 2.24) is 10.2 Å². The van der Waals surface area contributed by atoms with Gasteiger partial charge in [-0.2, -0.15) is 0 Å². The first-order chi connectivity index (χ1) is 10.7. The van der Waals surface area contributed by atoms with Crippen LogP contribution in [0.25, 0.3) is 0 Å². The zero-order valence-electron chi connectivity index (χ0n) is 12.0. The van der Waals surface area contributed by atoms with E-state index in [9.17, 15) is 9.18 Å². The number of carbonyl (C=O) groups is 1. The van der Waals surface area contributed by atoms with Crippen molar-refractivity contribution in [3.8, 4) is 5.75 Å². The highest BCUT2D eigenvalue weighted by Crippen LogP contribution is 2.16. The van der Waals surface area contributed by atoms with Gasteiger partial charge in [-0.3, -0.25) is 4.79 Å². The van der Waals surface area contributed by atoms with Gasteiger partial charge in [0.2, 0.25) is 0 Å². The van der Waals surface area contributed by atoms with E-state index < -0.39 is 0 Å². The van der Waals surface area contributed by atoms with Gasteiger partial charge < -0.3 is 19.4 Å². The van der Waals surface area contributed by atoms with Crippen LogP contribution in [0.15, 0.2) is 40.8 Å². The number of nitrogens with one attached hydrogen (secondary N) is 1. The lowest BCUT2D eigenvalue weighted by atomic mass is 10.3. The number of ether oxygens (including phenoxy) is 1. The molecule has 1 saturated heterocycles. The third kappa shape index (κ3) is 3.46. The Morgan fingerprint density at radius 3 is 2.64 bits per heavy atom. The predicted molar refractivity (Wildman–Crippen MR) is 78.2 cm³/mol. The van der Waals surface area contributed by atoms with E-state index in [1.807, 2.05) is 0 Å². The lowest BCUT2D eigenvalue weighted by molar-refractivity contribution is 0.0699. The zero-order valence-corrected chi connectivity index (χ0v) is 12.0. The highest BCUT2D eigenvalue weighted by Gasteiger charge is 2.20. The van der Waals surface area contributed by atoms with Gasteiger partial charge in [0.25, 0.3) is 5.91 Å². The van der Waals surface area contributed by atoms with Gasteiger partial charge >= 0.3 is 0 Å². The molecule has 2 aromatic rings. The molecule has 1 N–H and O–H groups in total. The SMILES string of the molecule is O=C(c1ccc(COc2ccc(F)cc2)o1)N1CCNCC1. The smallest absolute Gasteiger partial charge is 0.289 e. The molecular weight excluding hydrogens is 287 g/mol. The van der Waals surface area contributed by atoms with E-state index in [4.69, 9.17) is 9.15 Å². The molecule has 1 aliphatic heterocycles. The van der Waals surface area contributed by atoms with Gasteiger partial charge in [-0.25, -0.2) is 4.39 Å². The van der Waals surface area contributed by atoms with E-state index in [0.717, 1.165) is 13.1 Å². The van der Waals surface area contributed by atoms with Crippen LogP contribution in [0.5, 0.6) is 5.75 Å². The van der Waals surface area contributed by atoms with Crippen LogP contribution in [-0.4, -0.2) is 37.0 Å². The number of nitrogens with zero attached hydrogens (tertiary/aromatic N) is 1. The molecule has 22 heavy (non-hydrogen) atoms. The average Bonchev–Trinajstić information content (AvgIpc) is 3.03. The fraction of sp³-hybridized carbons (Fsp3) is 0.312. The molecule has 5 nitrogen and oxygen atoms in total. The summed E-state index contributed by atoms with van der Waals surface area (Å²) in [6.07, 6.45) is 0. The number of amides is 1. The van der Waals surface area contributed by atoms with E-state index in [-0.39, 0.29) is 18.3 Å². The minimum Gasteiger partial charge on any atom is -0.486 e. The Balaban J connectivity index is 1.58. The second kappa shape index (κ2) is 6.62. The average molecular weight is 304 g/mol. The maximum atomic E-state index is 12.8. The molecule has 0 aliphatic carbocycles. The number of carbonyl (C=O) groups excluding carboxylic acids is 1. The van der Waals surface area contributed by atoms with Gasteiger partial charge in [0.05, 0.1) is 0 Å². The topological polar surface area (TPSA) is 54.7 Å². The van der Waals surface area contributed by atoms with Crippen molar-refractivity contribution in [2.24, 2.45) is 0 Å². The summed E-state index contributed by atoms with van der Waals surface area (Å²) >= 11 is 0. The monoisotopic (exact) mass is 304 g/mol. The van der Waals surface area contributed by atoms with Gasteiger partial charge in [0.1, 0.15) is 23.9 Å². The zero-order chi connectivity index (χ0) is 15.4. The van der Waals surface area contributed by atoms with E-state index in [2.05, 4.69) is 5.32 Å². The van der Waals surface area contributed by atoms with Crippen LogP contribution >= 0.6 is 0 Å². The molecular formula is C16H17FN2O3. The maximum absolute atomic E-state index is 12.8. The van der Waals surface area contributed by atoms with Crippen molar-refractivity contribution in [3.63, 3.8) is 0 Å². The number of furan rings is 1. The molecule has 2 heterocycles. The Kier molecular flexibility index (Phi) is 4.39. The van der Waals surface area contributed by atoms with E-state index >= 15 is 0 Å². The van der Waals surface area contributed by atoms with Crippen LogP contribution < -0.4 is 10.1 Å². The third-order valence-corrected chi connectivity index (χ3v) is 3.47. The Labute approximate surface area is 127 Å². The van der Waals surface area contributed by atoms with Crippen LogP contribution in [0.3, 0.4) is 0 Å². The molecule has 3 rings (SSSR count). The highest BCUT2D eigenvalue weighted by atomic mass is 19.1. The largest absolute Gasteiger partial charge is 0.486 e. The van der Waals surface area contributed by atoms with Crippen LogP contribution in [0.1, 0.15) is 16.3 Å². The van der Waals surface area contributed by atoms with Gasteiger partial charge in [-0.15, -0.1) is 0 Å². The lowest BCUT2D eigenvalue weighted by Crippen LogP contribution is -2.46. The summed E-state index contributed by atoms with van der Waals surface area (Å²) in [4.78, 5) is 14.0. The van der Waals surface area contributed by atoms with E-state index in [1.54, 1.807) is 29.2 Å². The number of halogens is 1. The summed E-state index contributed by atoms with van der Waals surface area (Å²) in [5.41, 5.74) is 0. The number of piperazine rings is 1. The summed E-state index contributed by atoms with van der Waals surface area (Å²) in [7, 11) is 0. The summed E-state index contributed by atoms with van der Waals surface area (Å²) < 4.78 is 23.8. The molecule has 0 atom stereocenters. The van der Waals surface area contributed by atoms with Gasteiger partial charge in [0, 0.05) is 26.2 Å². The Hall–Kier alpha value is -2.34. The number of hydrogen-bond donors (Lipinski definition) is 1. The Bertz CT molecular complexity index is 633. The molecule has 116 valence electrons. The molecule has 1 aromatic heterocycles. The predicted octanol–water partition coefficient (Wildman–Crippen LogP) is 2.04. The van der Waals surface area contributed by atoms with E-state index in [0.29, 0.717) is 30.4 Å². The van der Waals surface area contributed by atoms with Crippen molar-refractivity contribution in [1.29, 1.82) is 0 Å². The van der Waals surface area contributed by atoms with Gasteiger partial charge in [-0.05, 0) is 36.4 Å². The molecule has 0 bridgehead atoms. The summed E-state index contributed by atoms with van der Waals surface area (Å²) in [5, 5.41) is 3.20. The quantitative estimate of drug-likeness (QED) is 0.939. The van der Waals surface area contributed by atoms with E-state index in [1.165, 1.54) is 12.1 Å². The summed E-state index contributed by atoms with van der Waals surface area (Å²) in [6, 6.07) is 9.14. The molecule has 1 aliphatic rings. The van der Waals surface area contributed by atoms with Crippen molar-refractivity contribution in [3.05, 3.63) is 53.7 Å². The summed E-state index contributed by atoms with van der Waals surface area (Å²) in [6.45, 7) is 3.16. The maximum Gasteiger partial charge on any atom is 0.289 e. The van der Waals surface area contributed by atoms with Crippen LogP contribution in [0, 0.1) is 5.82 Å². The molecule has 0 spiro atoms. The Morgan fingerprint density at radius 2 is 1.91 bits per heavy atom. The minimum atomic E-state index is -0.311. The molecule has 1 aromatic carbocycles. The third-order valence-electron chi connectivity index (χ3n) is 3.47. The number of rotatable bonds is 4. The molecule has 0 radical (unpaired) electrons. The van der Waals surface area contributed by atoms with Crippen LogP contribution in [-0.2, 0) is 6.61 Å². The number of hydrogen-bond acceptors (Lipinski definition) is 4. The van der Waals surface area contributed by atoms with Crippen molar-refractivity contribution < 1.29 is 18.3 Å². The highest BCUT2D eigenvalue weighted by molar-refractivity contribution is 5.91. The van der Waals surface area contributed by atoms with Gasteiger partial charge in [0.15, 0.2) is 5.76 Å². The minimum absolute atomic E-state index is 0.102. The van der Waals surface area contributed by atoms with Crippen molar-refractivity contribution in [2.45, 2.75) is 6.61 Å². The first-order valence-corrected chi connectivity index (χ1v) is 7.19. The molecule has 6 heteroatoms. The molecule has 0 saturated carbocycles. The van der Waals surface area contributed by atoms with Crippen molar-refractivity contribution in [2.75, 3.05) is 26.2 Å². The lowest BCUT2D eigenvalue weighted by Gasteiger charge is -2.26. The first-order valence-electron chi connectivity index (χ1n) is 7.19. The standard InChI is InChI=1S/C16H17FN2O3/c17-12-1-3-13(4-2-12)21-11-14-5-6-15(22-14)16(20)19-9-7-18-8-10-19/h1-6,18H,7-11H2. The molecule has 1 amide bonds. The Morgan fingerprint density at radius 1 is 1.18 bits per heavy atom. The second-order valence-electron chi connectivity index (χ2n) is 5.05. The summed E-state index contributed by atoms with van der Waals surface area (Å²) in [5.74, 6) is 1.01. The van der Waals surface area contributed by atoms with Crippen LogP contribution in [0.2, 0.25) is 0 Å². The molecule has 1 fully saturated rings.